The number of carbonyl (C=O) groups is 1. The van der Waals surface area contributed by atoms with Gasteiger partial charge in [0.25, 0.3) is 5.91 Å². The first-order valence-electron chi connectivity index (χ1n) is 9.93. The molecule has 0 aliphatic carbocycles. The lowest BCUT2D eigenvalue weighted by Crippen LogP contribution is -2.35. The predicted octanol–water partition coefficient (Wildman–Crippen LogP) is 5.04. The van der Waals surface area contributed by atoms with Gasteiger partial charge in [-0.3, -0.25) is 9.79 Å². The van der Waals surface area contributed by atoms with Crippen LogP contribution >= 0.6 is 11.8 Å². The van der Waals surface area contributed by atoms with E-state index in [1.54, 1.807) is 11.8 Å². The van der Waals surface area contributed by atoms with Crippen LogP contribution in [-0.2, 0) is 9.47 Å². The lowest BCUT2D eigenvalue weighted by molar-refractivity contribution is -0.131. The molecule has 2 aromatic carbocycles. The Balaban J connectivity index is 1.84. The molecule has 6 heteroatoms. The van der Waals surface area contributed by atoms with Gasteiger partial charge >= 0.3 is 0 Å². The fourth-order valence-electron chi connectivity index (χ4n) is 3.36. The summed E-state index contributed by atoms with van der Waals surface area (Å²) in [6.07, 6.45) is -0.439. The molecular weight excluding hydrogens is 384 g/mol. The van der Waals surface area contributed by atoms with Crippen LogP contribution in [0.5, 0.6) is 0 Å². The van der Waals surface area contributed by atoms with Gasteiger partial charge in [0.1, 0.15) is 0 Å². The molecule has 0 radical (unpaired) electrons. The van der Waals surface area contributed by atoms with E-state index < -0.39 is 6.29 Å². The molecule has 0 fully saturated rings. The Bertz CT molecular complexity index is 934. The number of ether oxygens (including phenoxy) is 2. The van der Waals surface area contributed by atoms with Crippen LogP contribution in [0.4, 0.5) is 5.69 Å². The molecule has 2 aromatic rings. The Labute approximate surface area is 176 Å². The molecule has 0 atom stereocenters. The van der Waals surface area contributed by atoms with E-state index in [0.717, 1.165) is 16.3 Å². The Morgan fingerprint density at radius 1 is 1.07 bits per heavy atom. The van der Waals surface area contributed by atoms with Crippen molar-refractivity contribution in [1.29, 1.82) is 0 Å². The molecule has 154 valence electrons. The zero-order valence-electron chi connectivity index (χ0n) is 17.7. The molecule has 0 bridgehead atoms. The van der Waals surface area contributed by atoms with E-state index in [0.29, 0.717) is 25.3 Å². The lowest BCUT2D eigenvalue weighted by atomic mass is 10.0. The van der Waals surface area contributed by atoms with E-state index >= 15 is 0 Å². The Kier molecular flexibility index (Phi) is 7.11. The number of aliphatic imine (C=N–C) groups is 1. The summed E-state index contributed by atoms with van der Waals surface area (Å²) in [5.41, 5.74) is 6.00. The van der Waals surface area contributed by atoms with Crippen molar-refractivity contribution < 1.29 is 14.3 Å². The molecule has 5 nitrogen and oxygen atoms in total. The number of nitrogens with zero attached hydrogens (tertiary/aromatic N) is 1. The summed E-state index contributed by atoms with van der Waals surface area (Å²) in [6.45, 7) is 11.4. The minimum atomic E-state index is -0.439. The molecule has 1 aliphatic heterocycles. The number of aryl methyl sites for hydroxylation is 2. The van der Waals surface area contributed by atoms with Crippen LogP contribution in [0, 0.1) is 13.8 Å². The smallest absolute Gasteiger partial charge is 0.251 e. The highest BCUT2D eigenvalue weighted by Gasteiger charge is 2.20. The van der Waals surface area contributed by atoms with Crippen molar-refractivity contribution >= 4 is 29.1 Å². The van der Waals surface area contributed by atoms with E-state index in [1.807, 2.05) is 39.0 Å². The standard InChI is InChI=1S/C23H28N2O3S/c1-6-27-20(28-7-2)13-24-23(26)17-10-11-19-18(12-17)25-16(5)21-14(3)8-9-15(4)22(21)29-19/h8-12,20H,6-7,13H2,1-5H3,(H,24,26). The highest BCUT2D eigenvalue weighted by atomic mass is 32.2. The first-order valence-corrected chi connectivity index (χ1v) is 10.7. The number of hydrogen-bond donors (Lipinski definition) is 1. The Morgan fingerprint density at radius 3 is 2.45 bits per heavy atom. The van der Waals surface area contributed by atoms with Crippen molar-refractivity contribution in [2.24, 2.45) is 4.99 Å². The van der Waals surface area contributed by atoms with Crippen LogP contribution in [0.25, 0.3) is 0 Å². The molecule has 0 unspecified atom stereocenters. The van der Waals surface area contributed by atoms with Gasteiger partial charge in [-0.05, 0) is 63.9 Å². The van der Waals surface area contributed by atoms with Crippen LogP contribution in [0.3, 0.4) is 0 Å². The maximum Gasteiger partial charge on any atom is 0.251 e. The topological polar surface area (TPSA) is 59.9 Å². The molecule has 0 aromatic heterocycles. The third kappa shape index (κ3) is 4.89. The van der Waals surface area contributed by atoms with Crippen LogP contribution in [0.2, 0.25) is 0 Å². The van der Waals surface area contributed by atoms with Crippen LogP contribution in [-0.4, -0.2) is 37.7 Å². The van der Waals surface area contributed by atoms with Gasteiger partial charge < -0.3 is 14.8 Å². The fraction of sp³-hybridized carbons (Fsp3) is 0.391. The first-order chi connectivity index (χ1) is 13.9. The first kappa shape index (κ1) is 21.6. The average Bonchev–Trinajstić information content (AvgIpc) is 2.85. The summed E-state index contributed by atoms with van der Waals surface area (Å²) in [4.78, 5) is 19.8. The summed E-state index contributed by atoms with van der Waals surface area (Å²) < 4.78 is 11.0. The summed E-state index contributed by atoms with van der Waals surface area (Å²) in [7, 11) is 0. The van der Waals surface area contributed by atoms with E-state index in [2.05, 4.69) is 31.3 Å². The van der Waals surface area contributed by atoms with Crippen molar-refractivity contribution in [3.8, 4) is 0 Å². The van der Waals surface area contributed by atoms with Gasteiger partial charge in [0.2, 0.25) is 0 Å². The van der Waals surface area contributed by atoms with Crippen molar-refractivity contribution in [1.82, 2.24) is 5.32 Å². The molecule has 3 rings (SSSR count). The largest absolute Gasteiger partial charge is 0.351 e. The molecule has 1 heterocycles. The van der Waals surface area contributed by atoms with E-state index in [1.165, 1.54) is 21.6 Å². The maximum absolute atomic E-state index is 12.7. The van der Waals surface area contributed by atoms with Gasteiger partial charge in [0.15, 0.2) is 6.29 Å². The number of benzene rings is 2. The number of hydrogen-bond acceptors (Lipinski definition) is 5. The van der Waals surface area contributed by atoms with E-state index in [4.69, 9.17) is 14.5 Å². The van der Waals surface area contributed by atoms with Gasteiger partial charge in [-0.1, -0.05) is 23.9 Å². The zero-order valence-corrected chi connectivity index (χ0v) is 18.5. The SMILES string of the molecule is CCOC(CNC(=O)c1ccc2c(c1)N=C(C)c1c(C)ccc(C)c1S2)OCC. The highest BCUT2D eigenvalue weighted by molar-refractivity contribution is 7.99. The Morgan fingerprint density at radius 2 is 1.76 bits per heavy atom. The second-order valence-corrected chi connectivity index (χ2v) is 7.99. The molecule has 1 N–H and O–H groups in total. The summed E-state index contributed by atoms with van der Waals surface area (Å²) in [5, 5.41) is 2.89. The van der Waals surface area contributed by atoms with Crippen molar-refractivity contribution in [3.05, 3.63) is 52.6 Å². The van der Waals surface area contributed by atoms with Gasteiger partial charge in [0.05, 0.1) is 12.2 Å². The maximum atomic E-state index is 12.7. The number of nitrogens with one attached hydrogen (secondary N) is 1. The van der Waals surface area contributed by atoms with Gasteiger partial charge in [0, 0.05) is 39.8 Å². The lowest BCUT2D eigenvalue weighted by Gasteiger charge is -2.17. The summed E-state index contributed by atoms with van der Waals surface area (Å²) >= 11 is 1.71. The minimum Gasteiger partial charge on any atom is -0.351 e. The minimum absolute atomic E-state index is 0.163. The molecule has 0 spiro atoms. The monoisotopic (exact) mass is 412 g/mol. The number of carbonyl (C=O) groups excluding carboxylic acids is 1. The quantitative estimate of drug-likeness (QED) is 0.648. The zero-order chi connectivity index (χ0) is 21.0. The van der Waals surface area contributed by atoms with E-state index in [9.17, 15) is 4.79 Å². The van der Waals surface area contributed by atoms with E-state index in [-0.39, 0.29) is 5.91 Å². The molecule has 29 heavy (non-hydrogen) atoms. The van der Waals surface area contributed by atoms with Crippen LogP contribution in [0.1, 0.15) is 47.8 Å². The van der Waals surface area contributed by atoms with Crippen molar-refractivity contribution in [2.45, 2.75) is 50.7 Å². The highest BCUT2D eigenvalue weighted by Crippen LogP contribution is 2.43. The number of fused-ring (bicyclic) bond motifs is 2. The van der Waals surface area contributed by atoms with Gasteiger partial charge in [-0.25, -0.2) is 0 Å². The third-order valence-electron chi connectivity index (χ3n) is 4.78. The normalized spacial score (nSPS) is 12.8. The third-order valence-corrected chi connectivity index (χ3v) is 6.08. The molecule has 0 saturated heterocycles. The van der Waals surface area contributed by atoms with Gasteiger partial charge in [-0.15, -0.1) is 0 Å². The fourth-order valence-corrected chi connectivity index (χ4v) is 4.57. The second-order valence-electron chi connectivity index (χ2n) is 6.94. The Hall–Kier alpha value is -2.15. The van der Waals surface area contributed by atoms with Crippen LogP contribution < -0.4 is 5.32 Å². The summed E-state index contributed by atoms with van der Waals surface area (Å²) in [6, 6.07) is 9.96. The van der Waals surface area contributed by atoms with Crippen molar-refractivity contribution in [3.63, 3.8) is 0 Å². The van der Waals surface area contributed by atoms with Gasteiger partial charge in [-0.2, -0.15) is 0 Å². The molecule has 1 amide bonds. The van der Waals surface area contributed by atoms with Crippen molar-refractivity contribution in [2.75, 3.05) is 19.8 Å². The predicted molar refractivity (Wildman–Crippen MR) is 118 cm³/mol. The average molecular weight is 413 g/mol. The second kappa shape index (κ2) is 9.57. The molecule has 1 aliphatic rings. The molecule has 0 saturated carbocycles. The number of rotatable bonds is 7. The van der Waals surface area contributed by atoms with Crippen LogP contribution in [0.15, 0.2) is 45.1 Å². The number of amides is 1. The summed E-state index contributed by atoms with van der Waals surface area (Å²) in [5.74, 6) is -0.163. The molecular formula is C23H28N2O3S.